The summed E-state index contributed by atoms with van der Waals surface area (Å²) in [5.41, 5.74) is 0. The highest BCUT2D eigenvalue weighted by molar-refractivity contribution is 7.85. The van der Waals surface area contributed by atoms with Gasteiger partial charge in [-0.3, -0.25) is 14.1 Å². The van der Waals surface area contributed by atoms with Gasteiger partial charge >= 0.3 is 11.9 Å². The average Bonchev–Trinajstić information content (AvgIpc) is 3.18. The smallest absolute Gasteiger partial charge is 0.306 e. The second-order valence-corrected chi connectivity index (χ2v) is 16.8. The first-order valence-electron chi connectivity index (χ1n) is 22.2. The van der Waals surface area contributed by atoms with Crippen LogP contribution >= 0.6 is 0 Å². The lowest BCUT2D eigenvalue weighted by Gasteiger charge is -2.40. The first-order valence-corrected chi connectivity index (χ1v) is 23.8. The number of aliphatic hydroxyl groups excluding tert-OH is 3. The van der Waals surface area contributed by atoms with E-state index < -0.39 is 71.2 Å². The molecule has 58 heavy (non-hydrogen) atoms. The minimum atomic E-state index is -4.60. The van der Waals surface area contributed by atoms with E-state index >= 15 is 0 Å². The third kappa shape index (κ3) is 29.8. The summed E-state index contributed by atoms with van der Waals surface area (Å²) >= 11 is 0. The first kappa shape index (κ1) is 53.6. The van der Waals surface area contributed by atoms with Gasteiger partial charge in [-0.1, -0.05) is 133 Å². The van der Waals surface area contributed by atoms with Gasteiger partial charge in [0.25, 0.3) is 10.1 Å². The van der Waals surface area contributed by atoms with Gasteiger partial charge in [-0.2, -0.15) is 8.42 Å². The van der Waals surface area contributed by atoms with Crippen molar-refractivity contribution in [2.24, 2.45) is 0 Å². The maximum absolute atomic E-state index is 12.8. The van der Waals surface area contributed by atoms with Gasteiger partial charge in [-0.05, 0) is 70.6 Å². The zero-order chi connectivity index (χ0) is 42.7. The quantitative estimate of drug-likeness (QED) is 0.0204. The van der Waals surface area contributed by atoms with Crippen molar-refractivity contribution in [1.82, 2.24) is 0 Å². The molecule has 6 atom stereocenters. The van der Waals surface area contributed by atoms with Crippen molar-refractivity contribution in [2.75, 3.05) is 19.0 Å². The molecule has 13 heteroatoms. The third-order valence-electron chi connectivity index (χ3n) is 9.89. The van der Waals surface area contributed by atoms with Gasteiger partial charge in [-0.15, -0.1) is 0 Å². The molecule has 0 radical (unpaired) electrons. The van der Waals surface area contributed by atoms with E-state index in [1.54, 1.807) is 0 Å². The summed E-state index contributed by atoms with van der Waals surface area (Å²) < 4.78 is 54.0. The zero-order valence-corrected chi connectivity index (χ0v) is 36.5. The molecule has 336 valence electrons. The third-order valence-corrected chi connectivity index (χ3v) is 10.6. The fourth-order valence-corrected chi connectivity index (χ4v) is 7.14. The highest BCUT2D eigenvalue weighted by Gasteiger charge is 2.46. The summed E-state index contributed by atoms with van der Waals surface area (Å²) in [5.74, 6) is -2.02. The lowest BCUT2D eigenvalue weighted by molar-refractivity contribution is -0.297. The molecule has 0 aromatic carbocycles. The SMILES string of the molecule is CC/C=C/C/C=C/C/C=C/CCCCCCCC(=O)OC[C@H](CO[C@H]1O[C@H](CS(=O)(=O)O)[C@@H](O)C(O)C1O)OC(=O)CCCCCCC/C=C/CCCCCCCC. The van der Waals surface area contributed by atoms with E-state index in [1.807, 2.05) is 0 Å². The van der Waals surface area contributed by atoms with Gasteiger partial charge in [0.15, 0.2) is 12.4 Å². The van der Waals surface area contributed by atoms with E-state index in [0.717, 1.165) is 89.9 Å². The van der Waals surface area contributed by atoms with Gasteiger partial charge < -0.3 is 34.3 Å². The number of allylic oxidation sites excluding steroid dienone is 8. The van der Waals surface area contributed by atoms with Crippen LogP contribution in [-0.2, 0) is 38.7 Å². The Bertz CT molecular complexity index is 1260. The number of ether oxygens (including phenoxy) is 4. The Balaban J connectivity index is 2.48. The van der Waals surface area contributed by atoms with E-state index in [9.17, 15) is 37.9 Å². The number of esters is 2. The monoisotopic (exact) mass is 843 g/mol. The van der Waals surface area contributed by atoms with Crippen molar-refractivity contribution in [3.63, 3.8) is 0 Å². The summed E-state index contributed by atoms with van der Waals surface area (Å²) in [7, 11) is -4.60. The molecule has 0 aliphatic carbocycles. The van der Waals surface area contributed by atoms with Crippen LogP contribution in [0.1, 0.15) is 168 Å². The topological polar surface area (TPSA) is 186 Å². The highest BCUT2D eigenvalue weighted by atomic mass is 32.2. The minimum Gasteiger partial charge on any atom is -0.462 e. The molecule has 0 bridgehead atoms. The summed E-state index contributed by atoms with van der Waals surface area (Å²) in [4.78, 5) is 25.4. The van der Waals surface area contributed by atoms with Crippen LogP contribution in [0.4, 0.5) is 0 Å². The Labute approximate surface area is 350 Å². The number of aliphatic hydroxyl groups is 3. The van der Waals surface area contributed by atoms with Gasteiger partial charge in [-0.25, -0.2) is 0 Å². The lowest BCUT2D eigenvalue weighted by atomic mass is 10.00. The predicted molar refractivity (Wildman–Crippen MR) is 229 cm³/mol. The van der Waals surface area contributed by atoms with Crippen LogP contribution in [-0.4, -0.2) is 96.0 Å². The number of carbonyl (C=O) groups excluding carboxylic acids is 2. The molecule has 0 saturated carbocycles. The normalized spacial score (nSPS) is 20.8. The van der Waals surface area contributed by atoms with Crippen LogP contribution in [0.3, 0.4) is 0 Å². The van der Waals surface area contributed by atoms with Crippen LogP contribution in [0.15, 0.2) is 48.6 Å². The highest BCUT2D eigenvalue weighted by Crippen LogP contribution is 2.24. The predicted octanol–water partition coefficient (Wildman–Crippen LogP) is 8.78. The van der Waals surface area contributed by atoms with E-state index in [-0.39, 0.29) is 19.4 Å². The molecule has 1 fully saturated rings. The Hall–Kier alpha value is -2.39. The van der Waals surface area contributed by atoms with Crippen LogP contribution in [0.2, 0.25) is 0 Å². The van der Waals surface area contributed by atoms with Crippen molar-refractivity contribution in [1.29, 1.82) is 0 Å². The summed E-state index contributed by atoms with van der Waals surface area (Å²) in [6.07, 6.45) is 31.5. The van der Waals surface area contributed by atoms with Crippen molar-refractivity contribution < 1.29 is 56.8 Å². The molecule has 0 aromatic heterocycles. The van der Waals surface area contributed by atoms with Crippen molar-refractivity contribution in [2.45, 2.75) is 205 Å². The second kappa shape index (κ2) is 35.4. The first-order chi connectivity index (χ1) is 28.0. The van der Waals surface area contributed by atoms with Crippen molar-refractivity contribution in [3.8, 4) is 0 Å². The van der Waals surface area contributed by atoms with Gasteiger partial charge in [0.05, 0.1) is 6.61 Å². The number of carbonyl (C=O) groups is 2. The molecule has 0 spiro atoms. The summed E-state index contributed by atoms with van der Waals surface area (Å²) in [6, 6.07) is 0. The molecular formula is C45H78O12S. The number of hydrogen-bond acceptors (Lipinski definition) is 11. The molecule has 1 rings (SSSR count). The fourth-order valence-electron chi connectivity index (χ4n) is 6.45. The van der Waals surface area contributed by atoms with Gasteiger partial charge in [0.1, 0.15) is 36.8 Å². The van der Waals surface area contributed by atoms with E-state index in [1.165, 1.54) is 38.5 Å². The second-order valence-electron chi connectivity index (χ2n) is 15.3. The molecule has 0 aromatic rings. The summed E-state index contributed by atoms with van der Waals surface area (Å²) in [5, 5.41) is 30.9. The maximum Gasteiger partial charge on any atom is 0.306 e. The molecule has 2 unspecified atom stereocenters. The molecule has 1 aliphatic heterocycles. The van der Waals surface area contributed by atoms with Crippen molar-refractivity contribution >= 4 is 22.1 Å². The Morgan fingerprint density at radius 3 is 1.64 bits per heavy atom. The Morgan fingerprint density at radius 2 is 1.09 bits per heavy atom. The lowest BCUT2D eigenvalue weighted by Crippen LogP contribution is -2.60. The molecule has 0 amide bonds. The van der Waals surface area contributed by atoms with E-state index in [4.69, 9.17) is 18.9 Å². The molecule has 12 nitrogen and oxygen atoms in total. The largest absolute Gasteiger partial charge is 0.462 e. The Kier molecular flexibility index (Phi) is 32.7. The van der Waals surface area contributed by atoms with Crippen LogP contribution in [0, 0.1) is 0 Å². The van der Waals surface area contributed by atoms with E-state index in [0.29, 0.717) is 12.8 Å². The van der Waals surface area contributed by atoms with Crippen LogP contribution in [0.25, 0.3) is 0 Å². The molecular weight excluding hydrogens is 765 g/mol. The number of hydrogen-bond donors (Lipinski definition) is 4. The number of unbranched alkanes of at least 4 members (excludes halogenated alkanes) is 16. The van der Waals surface area contributed by atoms with Crippen molar-refractivity contribution in [3.05, 3.63) is 48.6 Å². The molecule has 4 N–H and O–H groups in total. The van der Waals surface area contributed by atoms with Gasteiger partial charge in [0, 0.05) is 12.8 Å². The maximum atomic E-state index is 12.8. The van der Waals surface area contributed by atoms with Crippen LogP contribution < -0.4 is 0 Å². The molecule has 1 heterocycles. The molecule has 1 saturated heterocycles. The minimum absolute atomic E-state index is 0.149. The Morgan fingerprint density at radius 1 is 0.603 bits per heavy atom. The van der Waals surface area contributed by atoms with E-state index in [2.05, 4.69) is 62.5 Å². The van der Waals surface area contributed by atoms with Gasteiger partial charge in [0.2, 0.25) is 0 Å². The average molecular weight is 843 g/mol. The molecule has 1 aliphatic rings. The fraction of sp³-hybridized carbons (Fsp3) is 0.778. The summed E-state index contributed by atoms with van der Waals surface area (Å²) in [6.45, 7) is 3.61. The zero-order valence-electron chi connectivity index (χ0n) is 35.6. The van der Waals surface area contributed by atoms with Crippen LogP contribution in [0.5, 0.6) is 0 Å². The standard InChI is InChI=1S/C45H78O12S/c1-3-5-7-9-11-13-15-17-19-21-23-25-27-29-31-33-40(46)54-35-38(36-55-45-44(50)43(49)42(48)39(57-45)37-58(51,52)53)56-41(47)34-32-30-28-26-24-22-20-18-16-14-12-10-8-6-4-2/h5,7,11,13,17-20,38-39,42-45,48-50H,3-4,6,8-10,12,14-16,21-37H2,1-2H3,(H,51,52,53)/b7-5+,13-11+,19-17+,20-18+/t38-,39-,42-,43?,44?,45+/m1/s1. The number of rotatable bonds is 36.